The van der Waals surface area contributed by atoms with Crippen molar-refractivity contribution < 1.29 is 53.0 Å². The molecule has 0 saturated heterocycles. The third-order valence-electron chi connectivity index (χ3n) is 11.7. The molecule has 15 heteroatoms. The number of nitrogens with zero attached hydrogens (tertiary/aromatic N) is 2. The van der Waals surface area contributed by atoms with E-state index in [9.17, 15) is 19.8 Å². The Morgan fingerprint density at radius 2 is 1.78 bits per heavy atom. The number of hydrogen-bond acceptors (Lipinski definition) is 15. The van der Waals surface area contributed by atoms with Gasteiger partial charge in [0.15, 0.2) is 34.5 Å². The lowest BCUT2D eigenvalue weighted by Crippen LogP contribution is -2.54. The van der Waals surface area contributed by atoms with Crippen molar-refractivity contribution in [3.05, 3.63) is 62.7 Å². The fourth-order valence-electron chi connectivity index (χ4n) is 9.40. The summed E-state index contributed by atoms with van der Waals surface area (Å²) in [6, 6.07) is 3.60. The van der Waals surface area contributed by atoms with E-state index in [-0.39, 0.29) is 48.8 Å². The summed E-state index contributed by atoms with van der Waals surface area (Å²) < 4.78 is 42.9. The maximum atomic E-state index is 14.3. The standard InChI is InChI=1S/C43H55N3O11S/c1-22-17-26-11-9-14-46-28(20-54-43(50)34-27-19-30(51-6)29(49)18-25(27)12-13-44-34)32-33(38(57-24(3)48)23(2)39-41(32)56-21-55-39)42(58-8)36(46)35(45(4)5)31(26)40(37(22)52-7)53-16-10-15-47/h17-19,28,34-36,42,44,47,49H,9-16,20-21H2,1-8H3/t28-,34?,35+,36?,42?/m0/s1. The summed E-state index contributed by atoms with van der Waals surface area (Å²) in [6.45, 7) is 6.69. The molecule has 3 aromatic carbocycles. The van der Waals surface area contributed by atoms with Crippen LogP contribution in [0.4, 0.5) is 0 Å². The predicted octanol–water partition coefficient (Wildman–Crippen LogP) is 5.25. The number of likely N-dealkylation sites (N-methyl/N-ethyl adjacent to an activating group) is 1. The first-order valence-corrected chi connectivity index (χ1v) is 21.1. The number of aromatic hydroxyl groups is 1. The van der Waals surface area contributed by atoms with Crippen molar-refractivity contribution in [1.29, 1.82) is 0 Å². The third-order valence-corrected chi connectivity index (χ3v) is 12.8. The molecule has 0 radical (unpaired) electrons. The fourth-order valence-corrected chi connectivity index (χ4v) is 10.5. The minimum Gasteiger partial charge on any atom is -0.504 e. The molecule has 58 heavy (non-hydrogen) atoms. The van der Waals surface area contributed by atoms with Crippen LogP contribution in [-0.2, 0) is 27.2 Å². The van der Waals surface area contributed by atoms with Crippen LogP contribution >= 0.6 is 11.8 Å². The van der Waals surface area contributed by atoms with Gasteiger partial charge in [-0.25, -0.2) is 4.79 Å². The maximum Gasteiger partial charge on any atom is 0.327 e. The Hall–Kier alpha value is -4.41. The Kier molecular flexibility index (Phi) is 12.5. The van der Waals surface area contributed by atoms with E-state index < -0.39 is 24.0 Å². The first kappa shape index (κ1) is 41.7. The van der Waals surface area contributed by atoms with E-state index in [0.717, 1.165) is 46.2 Å². The van der Waals surface area contributed by atoms with E-state index in [1.54, 1.807) is 31.0 Å². The Morgan fingerprint density at radius 3 is 2.47 bits per heavy atom. The molecule has 4 aliphatic rings. The average Bonchev–Trinajstić information content (AvgIpc) is 3.68. The number of carbonyl (C=O) groups excluding carboxylic acids is 2. The molecule has 3 unspecified atom stereocenters. The van der Waals surface area contributed by atoms with Crippen molar-refractivity contribution in [2.45, 2.75) is 75.9 Å². The van der Waals surface area contributed by atoms with Crippen LogP contribution in [0.3, 0.4) is 0 Å². The first-order chi connectivity index (χ1) is 27.9. The van der Waals surface area contributed by atoms with Crippen molar-refractivity contribution in [2.75, 3.05) is 74.3 Å². The molecule has 3 N–H and O–H groups in total. The number of carbonyl (C=O) groups is 2. The molecular weight excluding hydrogens is 767 g/mol. The highest BCUT2D eigenvalue weighted by molar-refractivity contribution is 7.98. The molecule has 4 aliphatic heterocycles. The third kappa shape index (κ3) is 7.40. The van der Waals surface area contributed by atoms with Crippen molar-refractivity contribution >= 4 is 23.7 Å². The first-order valence-electron chi connectivity index (χ1n) is 19.8. The van der Waals surface area contributed by atoms with Gasteiger partial charge in [-0.05, 0) is 94.4 Å². The summed E-state index contributed by atoms with van der Waals surface area (Å²) in [7, 11) is 7.23. The number of benzene rings is 3. The van der Waals surface area contributed by atoms with Gasteiger partial charge in [-0.2, -0.15) is 11.8 Å². The summed E-state index contributed by atoms with van der Waals surface area (Å²) >= 11 is 1.66. The number of phenols is 1. The predicted molar refractivity (Wildman–Crippen MR) is 218 cm³/mol. The van der Waals surface area contributed by atoms with E-state index in [1.165, 1.54) is 14.0 Å². The molecule has 0 bridgehead atoms. The number of methoxy groups -OCH3 is 2. The summed E-state index contributed by atoms with van der Waals surface area (Å²) in [5.41, 5.74) is 6.84. The number of aliphatic hydroxyl groups excluding tert-OH is 1. The second-order valence-electron chi connectivity index (χ2n) is 15.4. The zero-order chi connectivity index (χ0) is 41.4. The molecule has 4 heterocycles. The van der Waals surface area contributed by atoms with Gasteiger partial charge in [0.2, 0.25) is 6.79 Å². The number of nitrogens with one attached hydrogen (secondary N) is 1. The SMILES string of the molecule is COc1cc2c(cc1O)CCNC2C(=O)OC[C@H]1c2c3c(c(C)c(OC(C)=O)c2C(SC)C2[C@H](N(C)C)c4c(cc(C)c(OC)c4OCCCO)CCCN21)OCO3. The molecule has 3 aromatic rings. The molecule has 0 saturated carbocycles. The topological polar surface area (TPSA) is 158 Å². The highest BCUT2D eigenvalue weighted by atomic mass is 32.2. The number of ether oxygens (including phenoxy) is 7. The van der Waals surface area contributed by atoms with Crippen molar-refractivity contribution in [3.63, 3.8) is 0 Å². The highest BCUT2D eigenvalue weighted by Crippen LogP contribution is 2.61. The molecule has 0 amide bonds. The second-order valence-corrected chi connectivity index (χ2v) is 16.4. The van der Waals surface area contributed by atoms with Gasteiger partial charge >= 0.3 is 11.9 Å². The van der Waals surface area contributed by atoms with Crippen LogP contribution in [-0.4, -0.2) is 112 Å². The number of thioether (sulfide) groups is 1. The van der Waals surface area contributed by atoms with Crippen LogP contribution < -0.4 is 33.7 Å². The highest BCUT2D eigenvalue weighted by Gasteiger charge is 2.52. The van der Waals surface area contributed by atoms with Gasteiger partial charge in [-0.15, -0.1) is 0 Å². The molecule has 0 fully saturated rings. The second kappa shape index (κ2) is 17.4. The van der Waals surface area contributed by atoms with Crippen LogP contribution in [0, 0.1) is 13.8 Å². The summed E-state index contributed by atoms with van der Waals surface area (Å²) in [6.07, 6.45) is 4.66. The number of phenolic OH excluding ortho intramolecular Hbond substituents is 1. The Labute approximate surface area is 344 Å². The molecule has 0 aliphatic carbocycles. The van der Waals surface area contributed by atoms with Crippen LogP contribution in [0.15, 0.2) is 18.2 Å². The van der Waals surface area contributed by atoms with Gasteiger partial charge in [-0.1, -0.05) is 6.07 Å². The lowest BCUT2D eigenvalue weighted by molar-refractivity contribution is -0.149. The van der Waals surface area contributed by atoms with E-state index in [0.29, 0.717) is 72.4 Å². The van der Waals surface area contributed by atoms with Crippen molar-refractivity contribution in [2.24, 2.45) is 0 Å². The quantitative estimate of drug-likeness (QED) is 0.124. The minimum absolute atomic E-state index is 0.00908. The number of rotatable bonds is 12. The zero-order valence-electron chi connectivity index (χ0n) is 34.6. The average molecular weight is 822 g/mol. The summed E-state index contributed by atoms with van der Waals surface area (Å²) in [5, 5.41) is 23.3. The number of fused-ring (bicyclic) bond motifs is 6. The van der Waals surface area contributed by atoms with Gasteiger partial charge in [0.25, 0.3) is 0 Å². The maximum absolute atomic E-state index is 14.3. The number of aliphatic hydroxyl groups is 1. The van der Waals surface area contributed by atoms with Crippen molar-refractivity contribution in [3.8, 4) is 40.2 Å². The van der Waals surface area contributed by atoms with E-state index in [2.05, 4.69) is 41.5 Å². The van der Waals surface area contributed by atoms with Crippen molar-refractivity contribution in [1.82, 2.24) is 15.1 Å². The molecule has 314 valence electrons. The summed E-state index contributed by atoms with van der Waals surface area (Å²) in [5.74, 6) is 2.11. The van der Waals surface area contributed by atoms with E-state index in [1.807, 2.05) is 13.8 Å². The van der Waals surface area contributed by atoms with Crippen LogP contribution in [0.25, 0.3) is 0 Å². The van der Waals surface area contributed by atoms with E-state index in [4.69, 9.17) is 33.2 Å². The Balaban J connectivity index is 1.41. The van der Waals surface area contributed by atoms with Crippen LogP contribution in [0.2, 0.25) is 0 Å². The Morgan fingerprint density at radius 1 is 1.00 bits per heavy atom. The molecular formula is C43H55N3O11S. The largest absolute Gasteiger partial charge is 0.504 e. The van der Waals surface area contributed by atoms with Crippen LogP contribution in [0.5, 0.6) is 40.2 Å². The zero-order valence-corrected chi connectivity index (χ0v) is 35.4. The molecule has 14 nitrogen and oxygen atoms in total. The number of aryl methyl sites for hydroxylation is 2. The molecule has 5 atom stereocenters. The minimum atomic E-state index is -0.793. The molecule has 0 aromatic heterocycles. The van der Waals surface area contributed by atoms with Gasteiger partial charge in [0.05, 0.1) is 38.2 Å². The van der Waals surface area contributed by atoms with E-state index >= 15 is 0 Å². The number of esters is 2. The van der Waals surface area contributed by atoms with Gasteiger partial charge < -0.3 is 53.6 Å². The van der Waals surface area contributed by atoms with Gasteiger partial charge in [-0.3, -0.25) is 9.69 Å². The Bertz CT molecular complexity index is 2060. The normalized spacial score (nSPS) is 22.1. The monoisotopic (exact) mass is 821 g/mol. The molecule has 0 spiro atoms. The lowest BCUT2D eigenvalue weighted by atomic mass is 9.77. The molecule has 7 rings (SSSR count). The van der Waals surface area contributed by atoms with Crippen LogP contribution in [0.1, 0.15) is 87.6 Å². The lowest BCUT2D eigenvalue weighted by Gasteiger charge is -2.52. The fraction of sp³-hybridized carbons (Fsp3) is 0.535. The van der Waals surface area contributed by atoms with Gasteiger partial charge in [0, 0.05) is 54.8 Å². The smallest absolute Gasteiger partial charge is 0.327 e. The summed E-state index contributed by atoms with van der Waals surface area (Å²) in [4.78, 5) is 31.8. The number of hydrogen-bond donors (Lipinski definition) is 3. The van der Waals surface area contributed by atoms with Gasteiger partial charge in [0.1, 0.15) is 18.4 Å².